The zero-order chi connectivity index (χ0) is 17.7. The highest BCUT2D eigenvalue weighted by atomic mass is 35.5. The predicted molar refractivity (Wildman–Crippen MR) is 89.8 cm³/mol. The van der Waals surface area contributed by atoms with Gasteiger partial charge in [-0.15, -0.1) is 0 Å². The second-order valence-electron chi connectivity index (χ2n) is 5.73. The molecule has 1 atom stereocenters. The van der Waals surface area contributed by atoms with Gasteiger partial charge in [-0.3, -0.25) is 4.79 Å². The van der Waals surface area contributed by atoms with Gasteiger partial charge in [-0.05, 0) is 31.9 Å². The SMILES string of the molecule is COc1cc(C(=O)O[C@@H](C)C(=O)NC2CCCC2)cc(Cl)c1OC. The summed E-state index contributed by atoms with van der Waals surface area (Å²) in [7, 11) is 2.90. The molecule has 0 aromatic heterocycles. The Morgan fingerprint density at radius 3 is 2.46 bits per heavy atom. The number of benzene rings is 1. The Balaban J connectivity index is 2.03. The lowest BCUT2D eigenvalue weighted by Crippen LogP contribution is -2.40. The van der Waals surface area contributed by atoms with E-state index in [9.17, 15) is 9.59 Å². The van der Waals surface area contributed by atoms with Crippen LogP contribution in [0.15, 0.2) is 12.1 Å². The average molecular weight is 356 g/mol. The largest absolute Gasteiger partial charge is 0.493 e. The Bertz CT molecular complexity index is 613. The smallest absolute Gasteiger partial charge is 0.339 e. The molecule has 1 aliphatic rings. The molecule has 1 aromatic rings. The van der Waals surface area contributed by atoms with E-state index in [-0.39, 0.29) is 22.5 Å². The van der Waals surface area contributed by atoms with E-state index in [0.29, 0.717) is 11.5 Å². The lowest BCUT2D eigenvalue weighted by atomic mass is 10.2. The molecule has 24 heavy (non-hydrogen) atoms. The summed E-state index contributed by atoms with van der Waals surface area (Å²) in [5.41, 5.74) is 0.193. The molecule has 7 heteroatoms. The molecule has 1 N–H and O–H groups in total. The van der Waals surface area contributed by atoms with Crippen LogP contribution in [0.2, 0.25) is 5.02 Å². The summed E-state index contributed by atoms with van der Waals surface area (Å²) in [6, 6.07) is 3.07. The van der Waals surface area contributed by atoms with Crippen LogP contribution in [0.1, 0.15) is 43.0 Å². The van der Waals surface area contributed by atoms with Crippen molar-refractivity contribution < 1.29 is 23.8 Å². The molecule has 1 aliphatic carbocycles. The molecular weight excluding hydrogens is 334 g/mol. The fraction of sp³-hybridized carbons (Fsp3) is 0.529. The van der Waals surface area contributed by atoms with E-state index in [2.05, 4.69) is 5.32 Å². The topological polar surface area (TPSA) is 73.9 Å². The molecule has 2 rings (SSSR count). The predicted octanol–water partition coefficient (Wildman–Crippen LogP) is 2.96. The number of halogens is 1. The summed E-state index contributed by atoms with van der Waals surface area (Å²) in [6.45, 7) is 1.55. The molecule has 1 saturated carbocycles. The van der Waals surface area contributed by atoms with E-state index >= 15 is 0 Å². The lowest BCUT2D eigenvalue weighted by Gasteiger charge is -2.17. The van der Waals surface area contributed by atoms with Gasteiger partial charge in [-0.2, -0.15) is 0 Å². The maximum atomic E-state index is 12.3. The van der Waals surface area contributed by atoms with Gasteiger partial charge in [0.2, 0.25) is 0 Å². The van der Waals surface area contributed by atoms with Crippen molar-refractivity contribution in [1.82, 2.24) is 5.32 Å². The minimum atomic E-state index is -0.884. The number of carbonyl (C=O) groups excluding carboxylic acids is 2. The van der Waals surface area contributed by atoms with Crippen molar-refractivity contribution in [3.8, 4) is 11.5 Å². The van der Waals surface area contributed by atoms with Crippen LogP contribution >= 0.6 is 11.6 Å². The number of amides is 1. The third-order valence-corrected chi connectivity index (χ3v) is 4.30. The van der Waals surface area contributed by atoms with Gasteiger partial charge in [-0.1, -0.05) is 24.4 Å². The normalized spacial score (nSPS) is 15.7. The lowest BCUT2D eigenvalue weighted by molar-refractivity contribution is -0.129. The van der Waals surface area contributed by atoms with E-state index in [1.807, 2.05) is 0 Å². The number of carbonyl (C=O) groups is 2. The van der Waals surface area contributed by atoms with Crippen molar-refractivity contribution in [1.29, 1.82) is 0 Å². The average Bonchev–Trinajstić information content (AvgIpc) is 3.06. The van der Waals surface area contributed by atoms with Crippen molar-refractivity contribution in [3.63, 3.8) is 0 Å². The van der Waals surface area contributed by atoms with Crippen molar-refractivity contribution in [2.75, 3.05) is 14.2 Å². The standard InChI is InChI=1S/C17H22ClNO5/c1-10(16(20)19-12-6-4-5-7-12)24-17(21)11-8-13(18)15(23-3)14(9-11)22-2/h8-10,12H,4-7H2,1-3H3,(H,19,20)/t10-/m0/s1. The van der Waals surface area contributed by atoms with E-state index in [4.69, 9.17) is 25.8 Å². The van der Waals surface area contributed by atoms with E-state index < -0.39 is 12.1 Å². The summed E-state index contributed by atoms with van der Waals surface area (Å²) < 4.78 is 15.5. The first-order valence-corrected chi connectivity index (χ1v) is 8.27. The minimum Gasteiger partial charge on any atom is -0.493 e. The summed E-state index contributed by atoms with van der Waals surface area (Å²) in [4.78, 5) is 24.4. The van der Waals surface area contributed by atoms with Crippen molar-refractivity contribution in [2.24, 2.45) is 0 Å². The molecule has 1 amide bonds. The summed E-state index contributed by atoms with van der Waals surface area (Å²) in [5, 5.41) is 3.13. The quantitative estimate of drug-likeness (QED) is 0.794. The fourth-order valence-electron chi connectivity index (χ4n) is 2.71. The minimum absolute atomic E-state index is 0.175. The monoisotopic (exact) mass is 355 g/mol. The van der Waals surface area contributed by atoms with Crippen molar-refractivity contribution in [3.05, 3.63) is 22.7 Å². The second-order valence-corrected chi connectivity index (χ2v) is 6.14. The summed E-state index contributed by atoms with van der Waals surface area (Å²) in [6.07, 6.45) is 3.28. The van der Waals surface area contributed by atoms with E-state index in [1.165, 1.54) is 26.4 Å². The number of methoxy groups -OCH3 is 2. The van der Waals surface area contributed by atoms with E-state index in [1.54, 1.807) is 6.92 Å². The van der Waals surface area contributed by atoms with Gasteiger partial charge in [0.15, 0.2) is 17.6 Å². The third kappa shape index (κ3) is 4.32. The zero-order valence-corrected chi connectivity index (χ0v) is 14.8. The first kappa shape index (κ1) is 18.4. The van der Waals surface area contributed by atoms with Crippen LogP contribution in [0.25, 0.3) is 0 Å². The van der Waals surface area contributed by atoms with Crippen LogP contribution in [0.5, 0.6) is 11.5 Å². The van der Waals surface area contributed by atoms with E-state index in [0.717, 1.165) is 25.7 Å². The molecule has 0 aliphatic heterocycles. The van der Waals surface area contributed by atoms with Gasteiger partial charge in [0.1, 0.15) is 0 Å². The van der Waals surface area contributed by atoms with Crippen LogP contribution in [-0.2, 0) is 9.53 Å². The number of ether oxygens (including phenoxy) is 3. The number of hydrogen-bond donors (Lipinski definition) is 1. The molecular formula is C17H22ClNO5. The van der Waals surface area contributed by atoms with Crippen LogP contribution < -0.4 is 14.8 Å². The molecule has 0 unspecified atom stereocenters. The third-order valence-electron chi connectivity index (χ3n) is 4.02. The zero-order valence-electron chi connectivity index (χ0n) is 14.1. The molecule has 0 bridgehead atoms. The van der Waals surface area contributed by atoms with Crippen LogP contribution in [0.4, 0.5) is 0 Å². The molecule has 0 radical (unpaired) electrons. The van der Waals surface area contributed by atoms with Crippen LogP contribution in [-0.4, -0.2) is 38.2 Å². The molecule has 0 heterocycles. The second kappa shape index (κ2) is 8.24. The number of rotatable bonds is 6. The van der Waals surface area contributed by atoms with Gasteiger partial charge in [0.05, 0.1) is 24.8 Å². The van der Waals surface area contributed by atoms with Gasteiger partial charge in [-0.25, -0.2) is 4.79 Å². The molecule has 6 nitrogen and oxygen atoms in total. The highest BCUT2D eigenvalue weighted by Crippen LogP contribution is 2.36. The Morgan fingerprint density at radius 2 is 1.88 bits per heavy atom. The first-order chi connectivity index (χ1) is 11.5. The highest BCUT2D eigenvalue weighted by Gasteiger charge is 2.24. The van der Waals surface area contributed by atoms with Crippen molar-refractivity contribution in [2.45, 2.75) is 44.8 Å². The van der Waals surface area contributed by atoms with Crippen LogP contribution in [0, 0.1) is 0 Å². The molecule has 1 fully saturated rings. The number of nitrogens with one attached hydrogen (secondary N) is 1. The molecule has 132 valence electrons. The van der Waals surface area contributed by atoms with Crippen molar-refractivity contribution >= 4 is 23.5 Å². The molecule has 1 aromatic carbocycles. The molecule has 0 spiro atoms. The van der Waals surface area contributed by atoms with Gasteiger partial charge >= 0.3 is 5.97 Å². The van der Waals surface area contributed by atoms with Gasteiger partial charge in [0.25, 0.3) is 5.91 Å². The van der Waals surface area contributed by atoms with Gasteiger partial charge in [0, 0.05) is 6.04 Å². The maximum Gasteiger partial charge on any atom is 0.339 e. The fourth-order valence-corrected chi connectivity index (χ4v) is 2.99. The maximum absolute atomic E-state index is 12.3. The summed E-state index contributed by atoms with van der Waals surface area (Å²) >= 11 is 6.08. The van der Waals surface area contributed by atoms with Crippen LogP contribution in [0.3, 0.4) is 0 Å². The number of hydrogen-bond acceptors (Lipinski definition) is 5. The molecule has 0 saturated heterocycles. The Kier molecular flexibility index (Phi) is 6.31. The highest BCUT2D eigenvalue weighted by molar-refractivity contribution is 6.32. The Morgan fingerprint density at radius 1 is 1.21 bits per heavy atom. The number of esters is 1. The van der Waals surface area contributed by atoms with Gasteiger partial charge < -0.3 is 19.5 Å². The summed E-state index contributed by atoms with van der Waals surface area (Å²) in [5.74, 6) is -0.281. The Labute approximate surface area is 146 Å². The Hall–Kier alpha value is -1.95. The first-order valence-electron chi connectivity index (χ1n) is 7.89.